The Bertz CT molecular complexity index is 539. The highest BCUT2D eigenvalue weighted by Gasteiger charge is 2.30. The lowest BCUT2D eigenvalue weighted by atomic mass is 10.1. The molecule has 1 aromatic carbocycles. The average molecular weight is 275 g/mol. The van der Waals surface area contributed by atoms with Crippen LogP contribution in [0.3, 0.4) is 0 Å². The zero-order valence-electron chi connectivity index (χ0n) is 11.2. The Morgan fingerprint density at radius 1 is 1.53 bits per heavy atom. The molecular weight excluding hydrogens is 258 g/mol. The number of ketones is 1. The number of hydrogen-bond acceptors (Lipinski definition) is 3. The Balaban J connectivity index is 2.44. The normalized spacial score (nSPS) is 18.1. The molecule has 1 aromatic rings. The van der Waals surface area contributed by atoms with Gasteiger partial charge in [0.05, 0.1) is 10.9 Å². The molecule has 1 heterocycles. The van der Waals surface area contributed by atoms with E-state index in [0.717, 1.165) is 10.6 Å². The van der Waals surface area contributed by atoms with E-state index in [1.807, 2.05) is 26.0 Å². The van der Waals surface area contributed by atoms with Crippen molar-refractivity contribution in [2.24, 2.45) is 0 Å². The van der Waals surface area contributed by atoms with Crippen molar-refractivity contribution < 1.29 is 9.59 Å². The lowest BCUT2D eigenvalue weighted by Crippen LogP contribution is -2.39. The van der Waals surface area contributed by atoms with Gasteiger partial charge in [0.2, 0.25) is 5.91 Å². The topological polar surface area (TPSA) is 37.4 Å². The summed E-state index contributed by atoms with van der Waals surface area (Å²) in [4.78, 5) is 26.6. The van der Waals surface area contributed by atoms with Crippen molar-refractivity contribution in [3.63, 3.8) is 0 Å². The van der Waals surface area contributed by atoms with Crippen molar-refractivity contribution >= 4 is 29.1 Å². The number of fused-ring (bicyclic) bond motifs is 1. The smallest absolute Gasteiger partial charge is 0.240 e. The molecule has 0 saturated carbocycles. The van der Waals surface area contributed by atoms with Crippen molar-refractivity contribution in [3.8, 4) is 0 Å². The van der Waals surface area contributed by atoms with Crippen LogP contribution in [0.1, 0.15) is 30.6 Å². The van der Waals surface area contributed by atoms with Crippen molar-refractivity contribution in [3.05, 3.63) is 36.4 Å². The number of thioether (sulfide) groups is 1. The highest BCUT2D eigenvalue weighted by molar-refractivity contribution is 8.01. The van der Waals surface area contributed by atoms with Crippen molar-refractivity contribution in [2.45, 2.75) is 30.4 Å². The summed E-state index contributed by atoms with van der Waals surface area (Å²) in [5.74, 6) is 0.218. The molecule has 1 atom stereocenters. The molecule has 1 aliphatic rings. The molecule has 0 bridgehead atoms. The molecule has 3 nitrogen and oxygen atoms in total. The van der Waals surface area contributed by atoms with Gasteiger partial charge < -0.3 is 4.90 Å². The minimum Gasteiger partial charge on any atom is -0.307 e. The molecule has 4 heteroatoms. The third kappa shape index (κ3) is 2.59. The second-order valence-electron chi connectivity index (χ2n) is 4.46. The maximum Gasteiger partial charge on any atom is 0.240 e. The molecule has 1 unspecified atom stereocenters. The molecular formula is C15H17NO2S. The number of nitrogens with zero attached hydrogens (tertiary/aromatic N) is 1. The van der Waals surface area contributed by atoms with Crippen molar-refractivity contribution in [1.82, 2.24) is 0 Å². The van der Waals surface area contributed by atoms with Gasteiger partial charge in [-0.1, -0.05) is 13.0 Å². The van der Waals surface area contributed by atoms with Crippen LogP contribution in [0.4, 0.5) is 5.69 Å². The number of amides is 1. The van der Waals surface area contributed by atoms with Gasteiger partial charge in [-0.3, -0.25) is 9.59 Å². The van der Waals surface area contributed by atoms with Gasteiger partial charge >= 0.3 is 0 Å². The van der Waals surface area contributed by atoms with Gasteiger partial charge in [-0.05, 0) is 25.1 Å². The predicted molar refractivity (Wildman–Crippen MR) is 78.9 cm³/mol. The van der Waals surface area contributed by atoms with E-state index in [1.165, 1.54) is 11.8 Å². The van der Waals surface area contributed by atoms with E-state index in [-0.39, 0.29) is 16.9 Å². The zero-order valence-corrected chi connectivity index (χ0v) is 12.0. The molecule has 2 rings (SSSR count). The zero-order chi connectivity index (χ0) is 14.0. The van der Waals surface area contributed by atoms with Gasteiger partial charge in [-0.25, -0.2) is 0 Å². The molecule has 0 saturated heterocycles. The quantitative estimate of drug-likeness (QED) is 0.625. The van der Waals surface area contributed by atoms with Crippen LogP contribution in [-0.4, -0.2) is 23.5 Å². The maximum absolute atomic E-state index is 12.1. The number of anilines is 1. The number of rotatable bonds is 4. The van der Waals surface area contributed by atoms with Crippen LogP contribution in [0.2, 0.25) is 0 Å². The van der Waals surface area contributed by atoms with Gasteiger partial charge in [0.1, 0.15) is 0 Å². The van der Waals surface area contributed by atoms with Crippen LogP contribution in [-0.2, 0) is 4.79 Å². The third-order valence-corrected chi connectivity index (χ3v) is 4.26. The van der Waals surface area contributed by atoms with E-state index in [1.54, 1.807) is 17.0 Å². The van der Waals surface area contributed by atoms with Gasteiger partial charge in [-0.2, -0.15) is 0 Å². The fourth-order valence-electron chi connectivity index (χ4n) is 2.11. The number of hydrogen-bond donors (Lipinski definition) is 0. The summed E-state index contributed by atoms with van der Waals surface area (Å²) in [7, 11) is 0. The number of carbonyl (C=O) groups is 2. The number of Topliss-reactive ketones (excluding diaryl/α,β-unsaturated/α-hetero) is 1. The fraction of sp³-hybridized carbons (Fsp3) is 0.333. The average Bonchev–Trinajstić information content (AvgIpc) is 2.42. The van der Waals surface area contributed by atoms with Gasteiger partial charge in [-0.15, -0.1) is 18.3 Å². The summed E-state index contributed by atoms with van der Waals surface area (Å²) in [6, 6.07) is 5.55. The van der Waals surface area contributed by atoms with E-state index in [4.69, 9.17) is 0 Å². The van der Waals surface area contributed by atoms with Crippen LogP contribution in [0, 0.1) is 0 Å². The summed E-state index contributed by atoms with van der Waals surface area (Å²) in [5.41, 5.74) is 1.59. The van der Waals surface area contributed by atoms with Crippen LogP contribution in [0.5, 0.6) is 0 Å². The lowest BCUT2D eigenvalue weighted by molar-refractivity contribution is -0.117. The van der Waals surface area contributed by atoms with Crippen LogP contribution in [0.25, 0.3) is 0 Å². The highest BCUT2D eigenvalue weighted by atomic mass is 32.2. The molecule has 0 aromatic heterocycles. The summed E-state index contributed by atoms with van der Waals surface area (Å²) in [6.07, 6.45) is 2.21. The van der Waals surface area contributed by atoms with Crippen molar-refractivity contribution in [1.29, 1.82) is 0 Å². The van der Waals surface area contributed by atoms with Gasteiger partial charge in [0.25, 0.3) is 0 Å². The molecule has 1 amide bonds. The SMILES string of the molecule is C=CCN1C(=O)C(C)Sc2cc(C(=O)CC)ccc21. The third-order valence-electron chi connectivity index (χ3n) is 3.12. The van der Waals surface area contributed by atoms with Gasteiger partial charge in [0.15, 0.2) is 5.78 Å². The summed E-state index contributed by atoms with van der Waals surface area (Å²) < 4.78 is 0. The second kappa shape index (κ2) is 5.61. The van der Waals surface area contributed by atoms with E-state index in [2.05, 4.69) is 6.58 Å². The molecule has 100 valence electrons. The largest absolute Gasteiger partial charge is 0.307 e. The molecule has 0 fully saturated rings. The standard InChI is InChI=1S/C15H17NO2S/c1-4-8-16-12-7-6-11(13(17)5-2)9-14(12)19-10(3)15(16)18/h4,6-7,9-10H,1,5,8H2,2-3H3. The summed E-state index contributed by atoms with van der Waals surface area (Å²) in [5, 5.41) is -0.126. The molecule has 0 spiro atoms. The summed E-state index contributed by atoms with van der Waals surface area (Å²) >= 11 is 1.51. The monoisotopic (exact) mass is 275 g/mol. The van der Waals surface area contributed by atoms with Crippen LogP contribution >= 0.6 is 11.8 Å². The van der Waals surface area contributed by atoms with E-state index in [0.29, 0.717) is 18.5 Å². The van der Waals surface area contributed by atoms with Crippen molar-refractivity contribution in [2.75, 3.05) is 11.4 Å². The molecule has 0 radical (unpaired) electrons. The Morgan fingerprint density at radius 2 is 2.26 bits per heavy atom. The molecule has 0 aliphatic carbocycles. The molecule has 19 heavy (non-hydrogen) atoms. The minimum absolute atomic E-state index is 0.0898. The first-order valence-electron chi connectivity index (χ1n) is 6.34. The Morgan fingerprint density at radius 3 is 2.89 bits per heavy atom. The molecule has 0 N–H and O–H groups in total. The van der Waals surface area contributed by atoms with Crippen LogP contribution in [0.15, 0.2) is 35.7 Å². The lowest BCUT2D eigenvalue weighted by Gasteiger charge is -2.31. The first kappa shape index (κ1) is 13.9. The maximum atomic E-state index is 12.1. The summed E-state index contributed by atoms with van der Waals surface area (Å²) in [6.45, 7) is 7.93. The molecule has 1 aliphatic heterocycles. The van der Waals surface area contributed by atoms with E-state index >= 15 is 0 Å². The highest BCUT2D eigenvalue weighted by Crippen LogP contribution is 2.39. The van der Waals surface area contributed by atoms with Gasteiger partial charge in [0, 0.05) is 23.4 Å². The Kier molecular flexibility index (Phi) is 4.10. The minimum atomic E-state index is -0.126. The number of benzene rings is 1. The predicted octanol–water partition coefficient (Wildman–Crippen LogP) is 3.29. The first-order valence-corrected chi connectivity index (χ1v) is 7.22. The fourth-order valence-corrected chi connectivity index (χ4v) is 3.21. The Labute approximate surface area is 117 Å². The Hall–Kier alpha value is -1.55. The van der Waals surface area contributed by atoms with E-state index in [9.17, 15) is 9.59 Å². The first-order chi connectivity index (χ1) is 9.08. The second-order valence-corrected chi connectivity index (χ2v) is 5.84. The van der Waals surface area contributed by atoms with E-state index < -0.39 is 0 Å². The van der Waals surface area contributed by atoms with Crippen LogP contribution < -0.4 is 4.90 Å². The number of carbonyl (C=O) groups excluding carboxylic acids is 2.